The largest absolute Gasteiger partial charge is 0.493 e. The third-order valence-electron chi connectivity index (χ3n) is 4.04. The quantitative estimate of drug-likeness (QED) is 0.838. The lowest BCUT2D eigenvalue weighted by atomic mass is 10.1. The minimum absolute atomic E-state index is 0.00704. The molecule has 1 atom stereocenters. The highest BCUT2D eigenvalue weighted by molar-refractivity contribution is 5.77. The molecule has 1 aromatic carbocycles. The van der Waals surface area contributed by atoms with Crippen molar-refractivity contribution in [2.24, 2.45) is 0 Å². The summed E-state index contributed by atoms with van der Waals surface area (Å²) in [5.74, 6) is 1.12. The number of nitrogens with zero attached hydrogens (tertiary/aromatic N) is 1. The van der Waals surface area contributed by atoms with Gasteiger partial charge < -0.3 is 14.8 Å². The second-order valence-corrected chi connectivity index (χ2v) is 5.69. The van der Waals surface area contributed by atoms with E-state index in [0.29, 0.717) is 24.1 Å². The maximum Gasteiger partial charge on any atom is 0.257 e. The summed E-state index contributed by atoms with van der Waals surface area (Å²) in [5.41, 5.74) is 0. The van der Waals surface area contributed by atoms with Crippen LogP contribution in [0.1, 0.15) is 26.2 Å². The molecule has 1 aromatic rings. The molecule has 2 rings (SSSR count). The topological polar surface area (TPSA) is 50.8 Å². The molecule has 1 saturated heterocycles. The van der Waals surface area contributed by atoms with Crippen molar-refractivity contribution in [2.75, 3.05) is 33.4 Å². The molecule has 0 saturated carbocycles. The molecule has 1 unspecified atom stereocenters. The van der Waals surface area contributed by atoms with Crippen LogP contribution in [0.2, 0.25) is 0 Å². The number of piperidine rings is 1. The maximum atomic E-state index is 11.9. The highest BCUT2D eigenvalue weighted by Crippen LogP contribution is 2.25. The van der Waals surface area contributed by atoms with Crippen LogP contribution < -0.4 is 14.8 Å². The number of hydrogen-bond donors (Lipinski definition) is 1. The number of carbonyl (C=O) groups excluding carboxylic acids is 1. The van der Waals surface area contributed by atoms with Crippen molar-refractivity contribution in [3.8, 4) is 11.5 Å². The number of rotatable bonds is 7. The number of amides is 1. The second-order valence-electron chi connectivity index (χ2n) is 5.69. The Bertz CT molecular complexity index is 473. The van der Waals surface area contributed by atoms with Gasteiger partial charge in [-0.25, -0.2) is 0 Å². The third kappa shape index (κ3) is 4.91. The summed E-state index contributed by atoms with van der Waals surface area (Å²) in [6, 6.07) is 7.70. The Hall–Kier alpha value is -1.75. The molecule has 1 N–H and O–H groups in total. The van der Waals surface area contributed by atoms with E-state index in [1.165, 1.54) is 19.3 Å². The van der Waals surface area contributed by atoms with Crippen LogP contribution in [0.5, 0.6) is 11.5 Å². The fourth-order valence-electron chi connectivity index (χ4n) is 2.68. The third-order valence-corrected chi connectivity index (χ3v) is 4.04. The number of ether oxygens (including phenoxy) is 2. The normalized spacial score (nSPS) is 16.8. The van der Waals surface area contributed by atoms with Crippen LogP contribution >= 0.6 is 0 Å². The molecule has 1 heterocycles. The van der Waals surface area contributed by atoms with Crippen molar-refractivity contribution in [3.05, 3.63) is 24.3 Å². The predicted octanol–water partition coefficient (Wildman–Crippen LogP) is 2.06. The molecule has 5 heteroatoms. The molecule has 1 aliphatic heterocycles. The molecule has 0 radical (unpaired) electrons. The monoisotopic (exact) mass is 306 g/mol. The number of nitrogens with one attached hydrogen (secondary N) is 1. The average molecular weight is 306 g/mol. The summed E-state index contributed by atoms with van der Waals surface area (Å²) in [6.45, 7) is 5.09. The van der Waals surface area contributed by atoms with Gasteiger partial charge in [0, 0.05) is 12.6 Å². The standard InChI is InChI=1S/C17H26N2O3/c1-14(19-10-6-3-7-11-19)12-18-17(20)13-22-16-9-5-4-8-15(16)21-2/h4-5,8-9,14H,3,6-7,10-13H2,1-2H3,(H,18,20). The molecule has 122 valence electrons. The van der Waals surface area contributed by atoms with Crippen LogP contribution in [-0.2, 0) is 4.79 Å². The number of methoxy groups -OCH3 is 1. The van der Waals surface area contributed by atoms with E-state index in [2.05, 4.69) is 17.1 Å². The summed E-state index contributed by atoms with van der Waals surface area (Å²) in [6.07, 6.45) is 3.84. The summed E-state index contributed by atoms with van der Waals surface area (Å²) in [5, 5.41) is 2.94. The highest BCUT2D eigenvalue weighted by Gasteiger charge is 2.17. The smallest absolute Gasteiger partial charge is 0.257 e. The first-order chi connectivity index (χ1) is 10.7. The van der Waals surface area contributed by atoms with Crippen molar-refractivity contribution in [1.82, 2.24) is 10.2 Å². The molecule has 1 fully saturated rings. The molecule has 0 aromatic heterocycles. The first-order valence-electron chi connectivity index (χ1n) is 7.97. The molecule has 1 aliphatic rings. The van der Waals surface area contributed by atoms with Crippen LogP contribution in [0.25, 0.3) is 0 Å². The number of benzene rings is 1. The van der Waals surface area contributed by atoms with E-state index >= 15 is 0 Å². The minimum atomic E-state index is -0.102. The Morgan fingerprint density at radius 3 is 2.59 bits per heavy atom. The van der Waals surface area contributed by atoms with Crippen molar-refractivity contribution in [1.29, 1.82) is 0 Å². The highest BCUT2D eigenvalue weighted by atomic mass is 16.5. The Morgan fingerprint density at radius 1 is 1.23 bits per heavy atom. The Morgan fingerprint density at radius 2 is 1.91 bits per heavy atom. The number of hydrogen-bond acceptors (Lipinski definition) is 4. The van der Waals surface area contributed by atoms with Crippen molar-refractivity contribution in [3.63, 3.8) is 0 Å². The minimum Gasteiger partial charge on any atom is -0.493 e. The summed E-state index contributed by atoms with van der Waals surface area (Å²) < 4.78 is 10.7. The zero-order valence-electron chi connectivity index (χ0n) is 13.5. The van der Waals surface area contributed by atoms with Gasteiger partial charge in [-0.1, -0.05) is 18.6 Å². The van der Waals surface area contributed by atoms with Gasteiger partial charge in [-0.2, -0.15) is 0 Å². The summed E-state index contributed by atoms with van der Waals surface area (Å²) >= 11 is 0. The van der Waals surface area contributed by atoms with Crippen molar-refractivity contribution >= 4 is 5.91 Å². The average Bonchev–Trinajstić information content (AvgIpc) is 2.58. The Kier molecular flexibility index (Phi) is 6.52. The molecule has 5 nitrogen and oxygen atoms in total. The van der Waals surface area contributed by atoms with E-state index in [1.54, 1.807) is 13.2 Å². The van der Waals surface area contributed by atoms with Crippen LogP contribution in [-0.4, -0.2) is 50.2 Å². The van der Waals surface area contributed by atoms with Crippen LogP contribution in [0.4, 0.5) is 0 Å². The van der Waals surface area contributed by atoms with Crippen molar-refractivity contribution in [2.45, 2.75) is 32.2 Å². The van der Waals surface area contributed by atoms with Gasteiger partial charge >= 0.3 is 0 Å². The first kappa shape index (κ1) is 16.6. The van der Waals surface area contributed by atoms with E-state index in [9.17, 15) is 4.79 Å². The van der Waals surface area contributed by atoms with Gasteiger partial charge in [0.2, 0.25) is 0 Å². The predicted molar refractivity (Wildman–Crippen MR) is 86.4 cm³/mol. The van der Waals surface area contributed by atoms with Gasteiger partial charge in [0.15, 0.2) is 18.1 Å². The molecule has 1 amide bonds. The fourth-order valence-corrected chi connectivity index (χ4v) is 2.68. The number of carbonyl (C=O) groups is 1. The SMILES string of the molecule is COc1ccccc1OCC(=O)NCC(C)N1CCCCC1. The lowest BCUT2D eigenvalue weighted by molar-refractivity contribution is -0.123. The van der Waals surface area contributed by atoms with E-state index in [-0.39, 0.29) is 12.5 Å². The lowest BCUT2D eigenvalue weighted by Gasteiger charge is -2.32. The Labute approximate surface area is 132 Å². The van der Waals surface area contributed by atoms with Crippen LogP contribution in [0, 0.1) is 0 Å². The van der Waals surface area contributed by atoms with E-state index in [1.807, 2.05) is 18.2 Å². The number of likely N-dealkylation sites (tertiary alicyclic amines) is 1. The van der Waals surface area contributed by atoms with Gasteiger partial charge in [-0.05, 0) is 45.0 Å². The van der Waals surface area contributed by atoms with Gasteiger partial charge in [-0.3, -0.25) is 9.69 Å². The molecule has 0 aliphatic carbocycles. The summed E-state index contributed by atoms with van der Waals surface area (Å²) in [4.78, 5) is 14.3. The maximum absolute atomic E-state index is 11.9. The van der Waals surface area contributed by atoms with E-state index in [0.717, 1.165) is 13.1 Å². The Balaban J connectivity index is 1.71. The lowest BCUT2D eigenvalue weighted by Crippen LogP contribution is -2.45. The van der Waals surface area contributed by atoms with Gasteiger partial charge in [0.25, 0.3) is 5.91 Å². The van der Waals surface area contributed by atoms with E-state index < -0.39 is 0 Å². The van der Waals surface area contributed by atoms with Gasteiger partial charge in [0.1, 0.15) is 0 Å². The fraction of sp³-hybridized carbons (Fsp3) is 0.588. The van der Waals surface area contributed by atoms with Gasteiger partial charge in [-0.15, -0.1) is 0 Å². The molecular formula is C17H26N2O3. The van der Waals surface area contributed by atoms with Crippen LogP contribution in [0.3, 0.4) is 0 Å². The van der Waals surface area contributed by atoms with E-state index in [4.69, 9.17) is 9.47 Å². The zero-order valence-corrected chi connectivity index (χ0v) is 13.5. The van der Waals surface area contributed by atoms with Crippen molar-refractivity contribution < 1.29 is 14.3 Å². The molecule has 22 heavy (non-hydrogen) atoms. The second kappa shape index (κ2) is 8.63. The molecule has 0 bridgehead atoms. The number of para-hydroxylation sites is 2. The molecular weight excluding hydrogens is 280 g/mol. The zero-order chi connectivity index (χ0) is 15.8. The van der Waals surface area contributed by atoms with Gasteiger partial charge in [0.05, 0.1) is 7.11 Å². The molecule has 0 spiro atoms. The summed E-state index contributed by atoms with van der Waals surface area (Å²) in [7, 11) is 1.59. The van der Waals surface area contributed by atoms with Crippen LogP contribution in [0.15, 0.2) is 24.3 Å². The first-order valence-corrected chi connectivity index (χ1v) is 7.97.